The van der Waals surface area contributed by atoms with Gasteiger partial charge >= 0.3 is 0 Å². The Morgan fingerprint density at radius 2 is 1.86 bits per heavy atom. The second kappa shape index (κ2) is 6.25. The molecule has 1 aromatic carbocycles. The molecule has 0 aliphatic heterocycles. The lowest BCUT2D eigenvalue weighted by Gasteiger charge is -2.09. The quantitative estimate of drug-likeness (QED) is 0.383. The fraction of sp³-hybridized carbons (Fsp3) is 0.278. The van der Waals surface area contributed by atoms with Crippen LogP contribution in [-0.2, 0) is 6.54 Å². The molecule has 4 aromatic rings. The summed E-state index contributed by atoms with van der Waals surface area (Å²) in [4.78, 5) is 14.5. The minimum absolute atomic E-state index is 0.0185. The van der Waals surface area contributed by atoms with Crippen molar-refractivity contribution in [2.24, 2.45) is 5.92 Å². The number of aromatic nitrogens is 4. The number of aryl methyl sites for hydroxylation is 1. The lowest BCUT2D eigenvalue weighted by atomic mass is 9.49. The van der Waals surface area contributed by atoms with Crippen LogP contribution in [0.15, 0.2) is 41.2 Å². The summed E-state index contributed by atoms with van der Waals surface area (Å²) in [6, 6.07) is 12.2. The summed E-state index contributed by atoms with van der Waals surface area (Å²) < 4.78 is 4.94. The van der Waals surface area contributed by atoms with E-state index in [1.54, 1.807) is 4.57 Å². The van der Waals surface area contributed by atoms with E-state index in [0.29, 0.717) is 33.4 Å². The topological polar surface area (TPSA) is 55.1 Å². The number of thiophene rings is 1. The Morgan fingerprint density at radius 3 is 2.52 bits per heavy atom. The molecule has 3 aromatic heterocycles. The molecule has 0 atom stereocenters. The van der Waals surface area contributed by atoms with Gasteiger partial charge in [0.25, 0.3) is 5.56 Å². The maximum absolute atomic E-state index is 13.4. The van der Waals surface area contributed by atoms with Gasteiger partial charge in [0.15, 0.2) is 0 Å². The lowest BCUT2D eigenvalue weighted by molar-refractivity contribution is 0.580. The van der Waals surface area contributed by atoms with Crippen LogP contribution in [0.1, 0.15) is 6.42 Å². The first kappa shape index (κ1) is 19.0. The number of hydrogen-bond donors (Lipinski definition) is 1. The number of H-pyrrole nitrogens is 1. The molecule has 5 rings (SSSR count). The van der Waals surface area contributed by atoms with Crippen molar-refractivity contribution in [3.8, 4) is 10.4 Å². The molecule has 0 unspecified atom stereocenters. The molecule has 1 saturated carbocycles. The third kappa shape index (κ3) is 2.66. The van der Waals surface area contributed by atoms with Gasteiger partial charge in [0, 0.05) is 11.4 Å². The molecule has 29 heavy (non-hydrogen) atoms. The van der Waals surface area contributed by atoms with Crippen LogP contribution in [0.25, 0.3) is 26.4 Å². The van der Waals surface area contributed by atoms with Crippen molar-refractivity contribution < 1.29 is 0 Å². The van der Waals surface area contributed by atoms with Crippen LogP contribution in [0.3, 0.4) is 0 Å². The van der Waals surface area contributed by atoms with Crippen molar-refractivity contribution in [3.63, 3.8) is 0 Å². The van der Waals surface area contributed by atoms with Gasteiger partial charge in [-0.15, -0.1) is 16.4 Å². The zero-order chi connectivity index (χ0) is 20.6. The first-order valence-electron chi connectivity index (χ1n) is 9.92. The average molecular weight is 416 g/mol. The van der Waals surface area contributed by atoms with E-state index in [1.807, 2.05) is 28.7 Å². The van der Waals surface area contributed by atoms with Gasteiger partial charge in [0.05, 0.1) is 36.9 Å². The molecule has 5 nitrogen and oxygen atoms in total. The van der Waals surface area contributed by atoms with Gasteiger partial charge in [0.2, 0.25) is 10.5 Å². The minimum atomic E-state index is 0.0185. The van der Waals surface area contributed by atoms with Crippen molar-refractivity contribution >= 4 is 70.9 Å². The van der Waals surface area contributed by atoms with E-state index in [-0.39, 0.29) is 5.56 Å². The highest BCUT2D eigenvalue weighted by Gasteiger charge is 2.62. The van der Waals surface area contributed by atoms with Crippen LogP contribution in [-0.4, -0.2) is 50.6 Å². The predicted octanol–water partition coefficient (Wildman–Crippen LogP) is 0.220. The van der Waals surface area contributed by atoms with E-state index >= 15 is 0 Å². The molecule has 0 radical (unpaired) electrons. The van der Waals surface area contributed by atoms with E-state index in [9.17, 15) is 4.79 Å². The molecule has 1 aliphatic carbocycles. The SMILES string of the molecule is BC1(B)C(CCn2c(=O)c3sc(-c4ccccc4)cc3n3c(=S)[nH]nc23)C1(B)B. The Bertz CT molecular complexity index is 1360. The zero-order valence-electron chi connectivity index (χ0n) is 17.0. The summed E-state index contributed by atoms with van der Waals surface area (Å²) in [6.07, 6.45) is 0.956. The summed E-state index contributed by atoms with van der Waals surface area (Å²) in [5.74, 6) is 1.18. The van der Waals surface area contributed by atoms with Crippen molar-refractivity contribution in [3.05, 3.63) is 51.5 Å². The summed E-state index contributed by atoms with van der Waals surface area (Å²) in [6.45, 7) is 0.647. The first-order valence-corrected chi connectivity index (χ1v) is 11.1. The van der Waals surface area contributed by atoms with Gasteiger partial charge in [-0.1, -0.05) is 46.7 Å². The van der Waals surface area contributed by atoms with E-state index in [1.165, 1.54) is 11.3 Å². The summed E-state index contributed by atoms with van der Waals surface area (Å²) in [5, 5.41) is 7.87. The second-order valence-electron chi connectivity index (χ2n) is 9.10. The Hall–Kier alpha value is -1.99. The maximum atomic E-state index is 13.4. The Kier molecular flexibility index (Phi) is 4.10. The van der Waals surface area contributed by atoms with Crippen molar-refractivity contribution in [1.29, 1.82) is 0 Å². The molecule has 0 saturated heterocycles. The number of hydrogen-bond acceptors (Lipinski definition) is 4. The van der Waals surface area contributed by atoms with Gasteiger partial charge in [-0.05, 0) is 30.3 Å². The molecule has 142 valence electrons. The van der Waals surface area contributed by atoms with E-state index in [4.69, 9.17) is 12.2 Å². The first-order chi connectivity index (χ1) is 13.7. The third-order valence-corrected chi connectivity index (χ3v) is 8.74. The smallest absolute Gasteiger partial charge is 0.272 e. The standard InChI is InChI=1S/C18H20B4N4OS2/c19-17(20)12(18(17,21)22)6-7-25-14(27)13-10(26-15(25)23-24-16(26)28)8-11(29-13)9-4-2-1-3-5-9/h1-5,8,12H,6-7,19-22H2,(H,24,28). The Morgan fingerprint density at radius 1 is 1.17 bits per heavy atom. The maximum Gasteiger partial charge on any atom is 0.272 e. The lowest BCUT2D eigenvalue weighted by Crippen LogP contribution is -2.23. The zero-order valence-corrected chi connectivity index (χ0v) is 18.7. The summed E-state index contributed by atoms with van der Waals surface area (Å²) in [5.41, 5.74) is 1.95. The fourth-order valence-corrected chi connectivity index (χ4v) is 6.18. The van der Waals surface area contributed by atoms with Crippen molar-refractivity contribution in [2.75, 3.05) is 0 Å². The Balaban J connectivity index is 1.66. The number of nitrogens with one attached hydrogen (secondary N) is 1. The molecular formula is C18H20B4N4OS2. The monoisotopic (exact) mass is 416 g/mol. The second-order valence-corrected chi connectivity index (χ2v) is 10.5. The molecule has 1 fully saturated rings. The third-order valence-electron chi connectivity index (χ3n) is 7.31. The molecule has 0 bridgehead atoms. The van der Waals surface area contributed by atoms with Crippen LogP contribution < -0.4 is 5.56 Å². The van der Waals surface area contributed by atoms with Gasteiger partial charge in [0.1, 0.15) is 4.70 Å². The van der Waals surface area contributed by atoms with Crippen LogP contribution in [0.2, 0.25) is 10.4 Å². The number of nitrogens with zero attached hydrogens (tertiary/aromatic N) is 3. The van der Waals surface area contributed by atoms with Crippen molar-refractivity contribution in [1.82, 2.24) is 19.2 Å². The highest BCUT2D eigenvalue weighted by Crippen LogP contribution is 2.74. The van der Waals surface area contributed by atoms with Gasteiger partial charge < -0.3 is 0 Å². The molecule has 11 heteroatoms. The highest BCUT2D eigenvalue weighted by atomic mass is 32.1. The van der Waals surface area contributed by atoms with E-state index < -0.39 is 0 Å². The molecule has 1 aliphatic rings. The van der Waals surface area contributed by atoms with E-state index in [0.717, 1.165) is 27.1 Å². The van der Waals surface area contributed by atoms with Gasteiger partial charge in [-0.2, -0.15) is 0 Å². The van der Waals surface area contributed by atoms with Crippen LogP contribution >= 0.6 is 23.6 Å². The van der Waals surface area contributed by atoms with Crippen LogP contribution in [0.5, 0.6) is 0 Å². The Labute approximate surface area is 181 Å². The van der Waals surface area contributed by atoms with Gasteiger partial charge in [-0.25, -0.2) is 5.10 Å². The largest absolute Gasteiger partial charge is 0.276 e. The van der Waals surface area contributed by atoms with E-state index in [2.05, 4.69) is 53.7 Å². The predicted molar refractivity (Wildman–Crippen MR) is 133 cm³/mol. The van der Waals surface area contributed by atoms with Crippen LogP contribution in [0, 0.1) is 10.7 Å². The minimum Gasteiger partial charge on any atom is -0.276 e. The number of fused-ring (bicyclic) bond motifs is 3. The average Bonchev–Trinajstić information content (AvgIpc) is 3.12. The molecule has 3 heterocycles. The molecular weight excluding hydrogens is 396 g/mol. The normalized spacial score (nSPS) is 17.8. The number of aromatic amines is 1. The summed E-state index contributed by atoms with van der Waals surface area (Å²) >= 11 is 7.02. The van der Waals surface area contributed by atoms with Crippen molar-refractivity contribution in [2.45, 2.75) is 23.4 Å². The molecule has 1 N–H and O–H groups in total. The summed E-state index contributed by atoms with van der Waals surface area (Å²) in [7, 11) is 9.26. The fourth-order valence-electron chi connectivity index (χ4n) is 4.86. The molecule has 0 spiro atoms. The highest BCUT2D eigenvalue weighted by molar-refractivity contribution is 7.71. The molecule has 0 amide bonds. The van der Waals surface area contributed by atoms with Crippen LogP contribution in [0.4, 0.5) is 0 Å². The number of benzene rings is 1. The van der Waals surface area contributed by atoms with Gasteiger partial charge in [-0.3, -0.25) is 13.8 Å². The number of rotatable bonds is 4.